The standard InChI is InChI=1S/C20H22F3N3O4/c1-3-15(12-18(28)30-4-2)25-17(27)6-5-11-26(19(29)20(21,22)23)16-9-7-14(13-24)8-10-16/h3,7-10,15H,1,4-6,11-12H2,2H3,(H,25,27)/t15-/m1/s1. The zero-order chi connectivity index (χ0) is 22.7. The number of hydrogen-bond acceptors (Lipinski definition) is 5. The molecule has 1 aromatic carbocycles. The number of amides is 2. The monoisotopic (exact) mass is 425 g/mol. The van der Waals surface area contributed by atoms with E-state index in [4.69, 9.17) is 10.00 Å². The van der Waals surface area contributed by atoms with Crippen molar-refractivity contribution in [3.63, 3.8) is 0 Å². The summed E-state index contributed by atoms with van der Waals surface area (Å²) in [5.74, 6) is -3.10. The van der Waals surface area contributed by atoms with E-state index in [1.54, 1.807) is 6.92 Å². The second-order valence-corrected chi connectivity index (χ2v) is 6.14. The van der Waals surface area contributed by atoms with Crippen molar-refractivity contribution in [3.05, 3.63) is 42.5 Å². The summed E-state index contributed by atoms with van der Waals surface area (Å²) >= 11 is 0. The van der Waals surface area contributed by atoms with Crippen LogP contribution in [0.15, 0.2) is 36.9 Å². The molecule has 0 aromatic heterocycles. The van der Waals surface area contributed by atoms with Gasteiger partial charge in [-0.3, -0.25) is 14.4 Å². The fraction of sp³-hybridized carbons (Fsp3) is 0.400. The summed E-state index contributed by atoms with van der Waals surface area (Å²) in [5.41, 5.74) is 0.192. The molecule has 30 heavy (non-hydrogen) atoms. The van der Waals surface area contributed by atoms with E-state index in [9.17, 15) is 27.6 Å². The quantitative estimate of drug-likeness (QED) is 0.459. The molecule has 0 aliphatic heterocycles. The Bertz CT molecular complexity index is 801. The number of nitrogens with zero attached hydrogens (tertiary/aromatic N) is 2. The van der Waals surface area contributed by atoms with Crippen molar-refractivity contribution in [2.75, 3.05) is 18.1 Å². The third-order valence-corrected chi connectivity index (χ3v) is 3.90. The topological polar surface area (TPSA) is 99.5 Å². The molecule has 0 saturated carbocycles. The van der Waals surface area contributed by atoms with E-state index in [2.05, 4.69) is 11.9 Å². The highest BCUT2D eigenvalue weighted by Crippen LogP contribution is 2.24. The zero-order valence-electron chi connectivity index (χ0n) is 16.4. The number of carbonyl (C=O) groups excluding carboxylic acids is 3. The summed E-state index contributed by atoms with van der Waals surface area (Å²) in [5, 5.41) is 11.3. The Morgan fingerprint density at radius 1 is 1.30 bits per heavy atom. The molecule has 162 valence electrons. The number of nitriles is 1. The average molecular weight is 425 g/mol. The fourth-order valence-corrected chi connectivity index (χ4v) is 2.49. The summed E-state index contributed by atoms with van der Waals surface area (Å²) in [4.78, 5) is 35.8. The van der Waals surface area contributed by atoms with Crippen LogP contribution in [-0.4, -0.2) is 43.2 Å². The summed E-state index contributed by atoms with van der Waals surface area (Å²) in [6.07, 6.45) is -4.09. The number of carbonyl (C=O) groups is 3. The second kappa shape index (κ2) is 11.6. The van der Waals surface area contributed by atoms with Crippen LogP contribution in [0.25, 0.3) is 0 Å². The summed E-state index contributed by atoms with van der Waals surface area (Å²) in [6, 6.07) is 6.21. The first-order chi connectivity index (χ1) is 14.1. The minimum Gasteiger partial charge on any atom is -0.466 e. The minimum absolute atomic E-state index is 0.0389. The average Bonchev–Trinajstić information content (AvgIpc) is 2.70. The number of ether oxygens (including phenoxy) is 1. The Morgan fingerprint density at radius 3 is 2.43 bits per heavy atom. The van der Waals surface area contributed by atoms with Gasteiger partial charge >= 0.3 is 18.1 Å². The van der Waals surface area contributed by atoms with Gasteiger partial charge in [-0.2, -0.15) is 18.4 Å². The van der Waals surface area contributed by atoms with Gasteiger partial charge in [0.2, 0.25) is 5.91 Å². The predicted octanol–water partition coefficient (Wildman–Crippen LogP) is 2.86. The number of alkyl halides is 3. The van der Waals surface area contributed by atoms with Gasteiger partial charge in [-0.15, -0.1) is 6.58 Å². The zero-order valence-corrected chi connectivity index (χ0v) is 16.4. The first kappa shape index (κ1) is 24.7. The summed E-state index contributed by atoms with van der Waals surface area (Å²) < 4.78 is 43.6. The van der Waals surface area contributed by atoms with Crippen LogP contribution in [0.3, 0.4) is 0 Å². The lowest BCUT2D eigenvalue weighted by molar-refractivity contribution is -0.170. The molecule has 1 aromatic rings. The van der Waals surface area contributed by atoms with E-state index in [1.165, 1.54) is 30.3 Å². The highest BCUT2D eigenvalue weighted by atomic mass is 19.4. The van der Waals surface area contributed by atoms with Gasteiger partial charge in [-0.05, 0) is 37.6 Å². The normalized spacial score (nSPS) is 11.7. The second-order valence-electron chi connectivity index (χ2n) is 6.14. The maximum absolute atomic E-state index is 12.9. The third kappa shape index (κ3) is 7.95. The summed E-state index contributed by atoms with van der Waals surface area (Å²) in [6.45, 7) is 4.98. The molecule has 1 rings (SSSR count). The Morgan fingerprint density at radius 2 is 1.93 bits per heavy atom. The van der Waals surface area contributed by atoms with Gasteiger partial charge in [-0.1, -0.05) is 6.08 Å². The molecule has 0 aliphatic carbocycles. The van der Waals surface area contributed by atoms with E-state index < -0.39 is 30.0 Å². The van der Waals surface area contributed by atoms with Crippen molar-refractivity contribution in [2.24, 2.45) is 0 Å². The lowest BCUT2D eigenvalue weighted by Gasteiger charge is -2.24. The Kier molecular flexibility index (Phi) is 9.55. The highest BCUT2D eigenvalue weighted by molar-refractivity contribution is 5.97. The van der Waals surface area contributed by atoms with Crippen LogP contribution >= 0.6 is 0 Å². The van der Waals surface area contributed by atoms with Crippen LogP contribution in [0.1, 0.15) is 31.7 Å². The van der Waals surface area contributed by atoms with Crippen molar-refractivity contribution < 1.29 is 32.3 Å². The Hall–Kier alpha value is -3.35. The number of rotatable bonds is 10. The molecule has 0 unspecified atom stereocenters. The number of anilines is 1. The molecule has 0 heterocycles. The van der Waals surface area contributed by atoms with Crippen LogP contribution in [0.2, 0.25) is 0 Å². The van der Waals surface area contributed by atoms with E-state index in [0.717, 1.165) is 0 Å². The molecule has 0 saturated heterocycles. The molecule has 7 nitrogen and oxygen atoms in total. The van der Waals surface area contributed by atoms with E-state index in [-0.39, 0.29) is 43.7 Å². The maximum atomic E-state index is 12.9. The first-order valence-electron chi connectivity index (χ1n) is 9.08. The van der Waals surface area contributed by atoms with Gasteiger partial charge in [0.25, 0.3) is 0 Å². The fourth-order valence-electron chi connectivity index (χ4n) is 2.49. The molecule has 0 fully saturated rings. The number of esters is 1. The van der Waals surface area contributed by atoms with Crippen LogP contribution in [0, 0.1) is 11.3 Å². The van der Waals surface area contributed by atoms with Gasteiger partial charge in [-0.25, -0.2) is 0 Å². The molecule has 0 bridgehead atoms. The lowest BCUT2D eigenvalue weighted by atomic mass is 10.1. The van der Waals surface area contributed by atoms with E-state index >= 15 is 0 Å². The molecule has 0 aliphatic rings. The van der Waals surface area contributed by atoms with Crippen molar-refractivity contribution in [3.8, 4) is 6.07 Å². The molecule has 0 radical (unpaired) electrons. The van der Waals surface area contributed by atoms with Crippen molar-refractivity contribution in [1.29, 1.82) is 5.26 Å². The Balaban J connectivity index is 2.73. The molecular weight excluding hydrogens is 403 g/mol. The predicted molar refractivity (Wildman–Crippen MR) is 102 cm³/mol. The minimum atomic E-state index is -5.09. The molecular formula is C20H22F3N3O4. The number of benzene rings is 1. The van der Waals surface area contributed by atoms with Crippen LogP contribution in [-0.2, 0) is 19.1 Å². The largest absolute Gasteiger partial charge is 0.471 e. The molecule has 0 spiro atoms. The van der Waals surface area contributed by atoms with Gasteiger partial charge in [0.15, 0.2) is 0 Å². The van der Waals surface area contributed by atoms with Crippen molar-refractivity contribution >= 4 is 23.5 Å². The number of nitrogens with one attached hydrogen (secondary N) is 1. The lowest BCUT2D eigenvalue weighted by Crippen LogP contribution is -2.42. The molecule has 2 amide bonds. The van der Waals surface area contributed by atoms with E-state index in [0.29, 0.717) is 4.90 Å². The highest BCUT2D eigenvalue weighted by Gasteiger charge is 2.42. The number of halogens is 3. The third-order valence-electron chi connectivity index (χ3n) is 3.90. The smallest absolute Gasteiger partial charge is 0.466 e. The molecule has 1 N–H and O–H groups in total. The summed E-state index contributed by atoms with van der Waals surface area (Å²) in [7, 11) is 0. The van der Waals surface area contributed by atoms with Gasteiger partial charge < -0.3 is 15.0 Å². The van der Waals surface area contributed by atoms with Gasteiger partial charge in [0.1, 0.15) is 0 Å². The SMILES string of the molecule is C=C[C@H](CC(=O)OCC)NC(=O)CCCN(C(=O)C(F)(F)F)c1ccc(C#N)cc1. The molecule has 10 heteroatoms. The Labute approximate surface area is 172 Å². The van der Waals surface area contributed by atoms with Crippen LogP contribution < -0.4 is 10.2 Å². The maximum Gasteiger partial charge on any atom is 0.471 e. The van der Waals surface area contributed by atoms with E-state index in [1.807, 2.05) is 6.07 Å². The van der Waals surface area contributed by atoms with Gasteiger partial charge in [0, 0.05) is 18.7 Å². The van der Waals surface area contributed by atoms with Crippen LogP contribution in [0.5, 0.6) is 0 Å². The van der Waals surface area contributed by atoms with Crippen molar-refractivity contribution in [2.45, 2.75) is 38.4 Å². The molecule has 1 atom stereocenters. The first-order valence-corrected chi connectivity index (χ1v) is 9.08. The van der Waals surface area contributed by atoms with Crippen LogP contribution in [0.4, 0.5) is 18.9 Å². The van der Waals surface area contributed by atoms with Crippen molar-refractivity contribution in [1.82, 2.24) is 5.32 Å². The van der Waals surface area contributed by atoms with Gasteiger partial charge in [0.05, 0.1) is 30.7 Å². The number of hydrogen-bond donors (Lipinski definition) is 1.